The third-order valence-electron chi connectivity index (χ3n) is 3.74. The Kier molecular flexibility index (Phi) is 5.59. The summed E-state index contributed by atoms with van der Waals surface area (Å²) < 4.78 is 5.73. The van der Waals surface area contributed by atoms with E-state index in [0.717, 1.165) is 29.7 Å². The molecule has 1 amide bonds. The normalized spacial score (nSPS) is 10.3. The van der Waals surface area contributed by atoms with Gasteiger partial charge < -0.3 is 10.1 Å². The highest BCUT2D eigenvalue weighted by molar-refractivity contribution is 6.06. The fraction of sp³-hybridized carbons (Fsp3) is 0.316. The lowest BCUT2D eigenvalue weighted by Gasteiger charge is -2.13. The first-order valence-electron chi connectivity index (χ1n) is 7.73. The molecule has 2 aromatic rings. The van der Waals surface area contributed by atoms with E-state index in [0.29, 0.717) is 17.9 Å². The molecule has 0 aromatic heterocycles. The molecule has 0 bridgehead atoms. The van der Waals surface area contributed by atoms with Gasteiger partial charge in [-0.1, -0.05) is 37.6 Å². The Balaban J connectivity index is 2.17. The molecule has 0 heterocycles. The maximum absolute atomic E-state index is 12.5. The van der Waals surface area contributed by atoms with Crippen molar-refractivity contribution in [3.63, 3.8) is 0 Å². The number of benzene rings is 2. The zero-order valence-corrected chi connectivity index (χ0v) is 13.5. The van der Waals surface area contributed by atoms with E-state index in [1.165, 1.54) is 0 Å². The van der Waals surface area contributed by atoms with Crippen molar-refractivity contribution >= 4 is 11.6 Å². The van der Waals surface area contributed by atoms with Gasteiger partial charge in [0.1, 0.15) is 5.75 Å². The Morgan fingerprint density at radius 1 is 1.09 bits per heavy atom. The summed E-state index contributed by atoms with van der Waals surface area (Å²) in [6, 6.07) is 13.3. The number of hydrogen-bond donors (Lipinski definition) is 1. The number of aryl methyl sites for hydroxylation is 1. The van der Waals surface area contributed by atoms with Crippen LogP contribution in [0.1, 0.15) is 41.3 Å². The van der Waals surface area contributed by atoms with Crippen molar-refractivity contribution in [1.29, 1.82) is 0 Å². The molecular weight excluding hydrogens is 274 g/mol. The Hall–Kier alpha value is -2.29. The Morgan fingerprint density at radius 3 is 2.64 bits per heavy atom. The maximum atomic E-state index is 12.5. The summed E-state index contributed by atoms with van der Waals surface area (Å²) in [4.78, 5) is 12.5. The smallest absolute Gasteiger partial charge is 0.259 e. The second kappa shape index (κ2) is 7.64. The lowest BCUT2D eigenvalue weighted by Crippen LogP contribution is -2.15. The van der Waals surface area contributed by atoms with Gasteiger partial charge >= 0.3 is 0 Å². The van der Waals surface area contributed by atoms with Crippen LogP contribution in [0.25, 0.3) is 0 Å². The van der Waals surface area contributed by atoms with Crippen molar-refractivity contribution in [1.82, 2.24) is 0 Å². The number of nitrogens with one attached hydrogen (secondary N) is 1. The summed E-state index contributed by atoms with van der Waals surface area (Å²) in [5, 5.41) is 2.98. The zero-order chi connectivity index (χ0) is 15.9. The average Bonchev–Trinajstić information content (AvgIpc) is 2.52. The molecule has 3 nitrogen and oxygen atoms in total. The van der Waals surface area contributed by atoms with Crippen LogP contribution in [-0.2, 0) is 0 Å². The number of rotatable bonds is 6. The number of unbranched alkanes of at least 4 members (excludes halogenated alkanes) is 1. The van der Waals surface area contributed by atoms with Crippen LogP contribution in [0.2, 0.25) is 0 Å². The molecule has 2 aromatic carbocycles. The van der Waals surface area contributed by atoms with E-state index >= 15 is 0 Å². The van der Waals surface area contributed by atoms with E-state index in [1.807, 2.05) is 50.2 Å². The van der Waals surface area contributed by atoms with E-state index in [4.69, 9.17) is 4.74 Å². The van der Waals surface area contributed by atoms with Gasteiger partial charge in [0.2, 0.25) is 0 Å². The molecule has 1 N–H and O–H groups in total. The molecule has 2 rings (SSSR count). The molecule has 0 spiro atoms. The molecule has 0 radical (unpaired) electrons. The van der Waals surface area contributed by atoms with Gasteiger partial charge in [-0.05, 0) is 49.6 Å². The zero-order valence-electron chi connectivity index (χ0n) is 13.5. The second-order valence-corrected chi connectivity index (χ2v) is 5.40. The summed E-state index contributed by atoms with van der Waals surface area (Å²) in [6.45, 7) is 6.79. The minimum atomic E-state index is -0.138. The van der Waals surface area contributed by atoms with Crippen LogP contribution in [0.4, 0.5) is 5.69 Å². The summed E-state index contributed by atoms with van der Waals surface area (Å²) in [7, 11) is 0. The first-order valence-corrected chi connectivity index (χ1v) is 7.73. The third kappa shape index (κ3) is 3.88. The average molecular weight is 297 g/mol. The molecular formula is C19H23NO2. The minimum absolute atomic E-state index is 0.138. The van der Waals surface area contributed by atoms with Gasteiger partial charge in [0, 0.05) is 5.69 Å². The highest BCUT2D eigenvalue weighted by atomic mass is 16.5. The van der Waals surface area contributed by atoms with E-state index in [1.54, 1.807) is 6.07 Å². The largest absolute Gasteiger partial charge is 0.493 e. The van der Waals surface area contributed by atoms with E-state index in [-0.39, 0.29) is 5.91 Å². The third-order valence-corrected chi connectivity index (χ3v) is 3.74. The molecule has 0 fully saturated rings. The molecule has 0 saturated carbocycles. The molecule has 0 aliphatic heterocycles. The summed E-state index contributed by atoms with van der Waals surface area (Å²) in [6.07, 6.45) is 2.05. The SMILES string of the molecule is CCCCOc1ccccc1C(=O)Nc1cccc(C)c1C. The lowest BCUT2D eigenvalue weighted by atomic mass is 10.1. The number of amides is 1. The number of carbonyl (C=O) groups is 1. The van der Waals surface area contributed by atoms with Crippen molar-refractivity contribution in [3.05, 3.63) is 59.2 Å². The molecule has 0 unspecified atom stereocenters. The number of para-hydroxylation sites is 1. The topological polar surface area (TPSA) is 38.3 Å². The quantitative estimate of drug-likeness (QED) is 0.782. The monoisotopic (exact) mass is 297 g/mol. The molecule has 3 heteroatoms. The van der Waals surface area contributed by atoms with Gasteiger partial charge in [0.25, 0.3) is 5.91 Å². The van der Waals surface area contributed by atoms with Crippen LogP contribution in [0.3, 0.4) is 0 Å². The van der Waals surface area contributed by atoms with Crippen LogP contribution in [0, 0.1) is 13.8 Å². The van der Waals surface area contributed by atoms with Crippen molar-refractivity contribution < 1.29 is 9.53 Å². The Bertz CT molecular complexity index is 650. The van der Waals surface area contributed by atoms with E-state index in [9.17, 15) is 4.79 Å². The van der Waals surface area contributed by atoms with Gasteiger partial charge in [-0.25, -0.2) is 0 Å². The standard InChI is InChI=1S/C19H23NO2/c1-4-5-13-22-18-12-7-6-10-16(18)19(21)20-17-11-8-9-14(2)15(17)3/h6-12H,4-5,13H2,1-3H3,(H,20,21). The van der Waals surface area contributed by atoms with Crippen LogP contribution in [0.5, 0.6) is 5.75 Å². The first-order chi connectivity index (χ1) is 10.6. The maximum Gasteiger partial charge on any atom is 0.259 e. The van der Waals surface area contributed by atoms with Gasteiger partial charge in [-0.15, -0.1) is 0 Å². The van der Waals surface area contributed by atoms with Gasteiger partial charge in [-0.2, -0.15) is 0 Å². The second-order valence-electron chi connectivity index (χ2n) is 5.40. The van der Waals surface area contributed by atoms with Crippen LogP contribution in [0.15, 0.2) is 42.5 Å². The molecule has 0 aliphatic carbocycles. The highest BCUT2D eigenvalue weighted by Gasteiger charge is 2.13. The Labute approximate surface area is 132 Å². The van der Waals surface area contributed by atoms with Crippen molar-refractivity contribution in [2.24, 2.45) is 0 Å². The number of carbonyl (C=O) groups excluding carboxylic acids is 1. The van der Waals surface area contributed by atoms with Crippen LogP contribution >= 0.6 is 0 Å². The van der Waals surface area contributed by atoms with Crippen LogP contribution < -0.4 is 10.1 Å². The predicted octanol–water partition coefficient (Wildman–Crippen LogP) is 4.73. The van der Waals surface area contributed by atoms with Gasteiger partial charge in [0.05, 0.1) is 12.2 Å². The molecule has 116 valence electrons. The van der Waals surface area contributed by atoms with Crippen molar-refractivity contribution in [2.45, 2.75) is 33.6 Å². The van der Waals surface area contributed by atoms with Gasteiger partial charge in [0.15, 0.2) is 0 Å². The van der Waals surface area contributed by atoms with E-state index in [2.05, 4.69) is 12.2 Å². The molecule has 0 aliphatic rings. The lowest BCUT2D eigenvalue weighted by molar-refractivity contribution is 0.102. The molecule has 22 heavy (non-hydrogen) atoms. The molecule has 0 saturated heterocycles. The summed E-state index contributed by atoms with van der Waals surface area (Å²) >= 11 is 0. The van der Waals surface area contributed by atoms with Gasteiger partial charge in [-0.3, -0.25) is 4.79 Å². The predicted molar refractivity (Wildman–Crippen MR) is 90.7 cm³/mol. The van der Waals surface area contributed by atoms with Crippen molar-refractivity contribution in [2.75, 3.05) is 11.9 Å². The summed E-state index contributed by atoms with van der Waals surface area (Å²) in [5.41, 5.74) is 3.65. The van der Waals surface area contributed by atoms with Crippen molar-refractivity contribution in [3.8, 4) is 5.75 Å². The Morgan fingerprint density at radius 2 is 1.86 bits per heavy atom. The fourth-order valence-corrected chi connectivity index (χ4v) is 2.18. The number of anilines is 1. The fourth-order valence-electron chi connectivity index (χ4n) is 2.18. The summed E-state index contributed by atoms with van der Waals surface area (Å²) in [5.74, 6) is 0.500. The minimum Gasteiger partial charge on any atom is -0.493 e. The van der Waals surface area contributed by atoms with E-state index < -0.39 is 0 Å². The molecule has 0 atom stereocenters. The number of ether oxygens (including phenoxy) is 1. The highest BCUT2D eigenvalue weighted by Crippen LogP contribution is 2.22. The van der Waals surface area contributed by atoms with Crippen LogP contribution in [-0.4, -0.2) is 12.5 Å². The number of hydrogen-bond acceptors (Lipinski definition) is 2. The first kappa shape index (κ1) is 16.1.